The molecule has 3 aliphatic rings. The van der Waals surface area contributed by atoms with Crippen molar-refractivity contribution in [3.63, 3.8) is 0 Å². The van der Waals surface area contributed by atoms with Gasteiger partial charge in [-0.15, -0.1) is 0 Å². The number of nitrogens with zero attached hydrogens (tertiary/aromatic N) is 1. The SMILES string of the molecule is O=C(C[NH+]1CC[C@H]2CCCC[C@@H]2C1)Nc1ccc(S(=O)(=O)N2CCCC2)cc1. The van der Waals surface area contributed by atoms with Crippen molar-refractivity contribution in [3.8, 4) is 0 Å². The number of anilines is 1. The number of benzene rings is 1. The fourth-order valence-electron chi connectivity index (χ4n) is 5.18. The van der Waals surface area contributed by atoms with Crippen molar-refractivity contribution in [2.75, 3.05) is 38.0 Å². The second-order valence-electron chi connectivity index (χ2n) is 8.66. The van der Waals surface area contributed by atoms with E-state index in [1.54, 1.807) is 28.6 Å². The predicted octanol–water partition coefficient (Wildman–Crippen LogP) is 1.50. The molecule has 1 saturated carbocycles. The standard InChI is InChI=1S/C21H31N3O3S/c25-21(16-23-14-11-17-5-1-2-6-18(17)15-23)22-19-7-9-20(10-8-19)28(26,27)24-12-3-4-13-24/h7-10,17-18H,1-6,11-16H2,(H,22,25)/p+1/t17-,18-/m1/s1. The fraction of sp³-hybridized carbons (Fsp3) is 0.667. The number of fused-ring (bicyclic) bond motifs is 1. The monoisotopic (exact) mass is 406 g/mol. The summed E-state index contributed by atoms with van der Waals surface area (Å²) in [4.78, 5) is 14.2. The summed E-state index contributed by atoms with van der Waals surface area (Å²) in [5.74, 6) is 1.69. The van der Waals surface area contributed by atoms with Crippen molar-refractivity contribution < 1.29 is 18.1 Å². The molecule has 1 unspecified atom stereocenters. The first kappa shape index (κ1) is 19.9. The van der Waals surface area contributed by atoms with Gasteiger partial charge in [-0.1, -0.05) is 12.8 Å². The topological polar surface area (TPSA) is 70.9 Å². The highest BCUT2D eigenvalue weighted by atomic mass is 32.2. The third-order valence-corrected chi connectivity index (χ3v) is 8.65. The Balaban J connectivity index is 1.31. The Bertz CT molecular complexity index is 788. The van der Waals surface area contributed by atoms with E-state index in [1.165, 1.54) is 37.0 Å². The van der Waals surface area contributed by atoms with E-state index in [0.717, 1.165) is 37.8 Å². The maximum atomic E-state index is 12.6. The molecule has 3 fully saturated rings. The predicted molar refractivity (Wildman–Crippen MR) is 109 cm³/mol. The van der Waals surface area contributed by atoms with E-state index in [-0.39, 0.29) is 5.91 Å². The van der Waals surface area contributed by atoms with Crippen LogP contribution in [0.1, 0.15) is 44.9 Å². The Kier molecular flexibility index (Phi) is 6.04. The van der Waals surface area contributed by atoms with Crippen LogP contribution in [0.5, 0.6) is 0 Å². The first-order chi connectivity index (χ1) is 13.5. The van der Waals surface area contributed by atoms with Crippen LogP contribution >= 0.6 is 0 Å². The van der Waals surface area contributed by atoms with E-state index >= 15 is 0 Å². The molecule has 7 heteroatoms. The Morgan fingerprint density at radius 1 is 1.00 bits per heavy atom. The maximum Gasteiger partial charge on any atom is 0.279 e. The number of carbonyl (C=O) groups is 1. The summed E-state index contributed by atoms with van der Waals surface area (Å²) in [6, 6.07) is 6.60. The van der Waals surface area contributed by atoms with Gasteiger partial charge in [0.1, 0.15) is 0 Å². The first-order valence-electron chi connectivity index (χ1n) is 10.8. The van der Waals surface area contributed by atoms with Crippen LogP contribution in [0.25, 0.3) is 0 Å². The molecule has 0 aromatic heterocycles. The van der Waals surface area contributed by atoms with E-state index in [2.05, 4.69) is 5.32 Å². The van der Waals surface area contributed by atoms with E-state index in [1.807, 2.05) is 0 Å². The zero-order chi connectivity index (χ0) is 19.6. The molecule has 2 heterocycles. The smallest absolute Gasteiger partial charge is 0.279 e. The van der Waals surface area contributed by atoms with Gasteiger partial charge < -0.3 is 10.2 Å². The van der Waals surface area contributed by atoms with Gasteiger partial charge in [0.05, 0.1) is 18.0 Å². The van der Waals surface area contributed by atoms with Gasteiger partial charge in [-0.05, 0) is 62.3 Å². The fourth-order valence-corrected chi connectivity index (χ4v) is 6.69. The first-order valence-corrected chi connectivity index (χ1v) is 12.2. The Labute approximate surface area is 168 Å². The van der Waals surface area contributed by atoms with E-state index in [9.17, 15) is 13.2 Å². The number of amides is 1. The van der Waals surface area contributed by atoms with E-state index < -0.39 is 10.0 Å². The molecule has 0 bridgehead atoms. The summed E-state index contributed by atoms with van der Waals surface area (Å²) in [6.07, 6.45) is 8.51. The number of piperidine rings is 1. The number of hydrogen-bond donors (Lipinski definition) is 2. The van der Waals surface area contributed by atoms with Crippen molar-refractivity contribution in [2.24, 2.45) is 11.8 Å². The van der Waals surface area contributed by atoms with Crippen LogP contribution in [0.4, 0.5) is 5.69 Å². The van der Waals surface area contributed by atoms with Gasteiger partial charge in [0.25, 0.3) is 5.91 Å². The van der Waals surface area contributed by atoms with Crippen molar-refractivity contribution in [3.05, 3.63) is 24.3 Å². The molecule has 2 saturated heterocycles. The van der Waals surface area contributed by atoms with Crippen LogP contribution in [0.2, 0.25) is 0 Å². The molecule has 28 heavy (non-hydrogen) atoms. The Hall–Kier alpha value is -1.44. The number of rotatable bonds is 5. The summed E-state index contributed by atoms with van der Waals surface area (Å²) >= 11 is 0. The van der Waals surface area contributed by atoms with Crippen molar-refractivity contribution in [1.29, 1.82) is 0 Å². The third kappa shape index (κ3) is 4.42. The summed E-state index contributed by atoms with van der Waals surface area (Å²) in [6.45, 7) is 3.90. The number of carbonyl (C=O) groups excluding carboxylic acids is 1. The largest absolute Gasteiger partial charge is 0.327 e. The van der Waals surface area contributed by atoms with Crippen LogP contribution in [-0.2, 0) is 14.8 Å². The summed E-state index contributed by atoms with van der Waals surface area (Å²) < 4.78 is 26.7. The molecular formula is C21H32N3O3S+. The molecule has 1 aromatic carbocycles. The minimum absolute atomic E-state index is 0.0133. The summed E-state index contributed by atoms with van der Waals surface area (Å²) in [7, 11) is -3.40. The molecule has 1 aliphatic carbocycles. The molecule has 2 N–H and O–H groups in total. The van der Waals surface area contributed by atoms with E-state index in [0.29, 0.717) is 30.2 Å². The highest BCUT2D eigenvalue weighted by Crippen LogP contribution is 2.32. The summed E-state index contributed by atoms with van der Waals surface area (Å²) in [5.41, 5.74) is 0.664. The lowest BCUT2D eigenvalue weighted by Gasteiger charge is -2.38. The van der Waals surface area contributed by atoms with Gasteiger partial charge in [-0.2, -0.15) is 4.31 Å². The lowest BCUT2D eigenvalue weighted by Crippen LogP contribution is -3.15. The minimum atomic E-state index is -3.40. The normalized spacial score (nSPS) is 28.6. The number of nitrogens with one attached hydrogen (secondary N) is 2. The second kappa shape index (κ2) is 8.51. The maximum absolute atomic E-state index is 12.6. The molecule has 3 atom stereocenters. The number of hydrogen-bond acceptors (Lipinski definition) is 3. The lowest BCUT2D eigenvalue weighted by atomic mass is 9.75. The van der Waals surface area contributed by atoms with Crippen LogP contribution < -0.4 is 10.2 Å². The quantitative estimate of drug-likeness (QED) is 0.779. The number of sulfonamides is 1. The second-order valence-corrected chi connectivity index (χ2v) is 10.6. The number of quaternary nitrogens is 1. The van der Waals surface area contributed by atoms with Gasteiger partial charge in [-0.3, -0.25) is 4.79 Å². The molecule has 6 nitrogen and oxygen atoms in total. The third-order valence-electron chi connectivity index (χ3n) is 6.74. The minimum Gasteiger partial charge on any atom is -0.327 e. The molecule has 4 rings (SSSR count). The van der Waals surface area contributed by atoms with Gasteiger partial charge in [0, 0.05) is 24.7 Å². The lowest BCUT2D eigenvalue weighted by molar-refractivity contribution is -0.902. The van der Waals surface area contributed by atoms with Crippen LogP contribution in [0.15, 0.2) is 29.2 Å². The van der Waals surface area contributed by atoms with Crippen LogP contribution in [0.3, 0.4) is 0 Å². The molecule has 154 valence electrons. The average Bonchev–Trinajstić information content (AvgIpc) is 3.24. The van der Waals surface area contributed by atoms with Crippen LogP contribution in [0, 0.1) is 11.8 Å². The van der Waals surface area contributed by atoms with Crippen molar-refractivity contribution >= 4 is 21.6 Å². The van der Waals surface area contributed by atoms with Gasteiger partial charge >= 0.3 is 0 Å². The summed E-state index contributed by atoms with van der Waals surface area (Å²) in [5, 5.41) is 2.94. The Morgan fingerprint density at radius 3 is 2.39 bits per heavy atom. The molecule has 1 amide bonds. The van der Waals surface area contributed by atoms with Gasteiger partial charge in [0.2, 0.25) is 10.0 Å². The number of likely N-dealkylation sites (tertiary alicyclic amines) is 1. The highest BCUT2D eigenvalue weighted by molar-refractivity contribution is 7.89. The van der Waals surface area contributed by atoms with Gasteiger partial charge in [0.15, 0.2) is 6.54 Å². The molecule has 2 aliphatic heterocycles. The molecule has 0 radical (unpaired) electrons. The molecule has 1 aromatic rings. The average molecular weight is 407 g/mol. The zero-order valence-corrected chi connectivity index (χ0v) is 17.3. The highest BCUT2D eigenvalue weighted by Gasteiger charge is 2.34. The van der Waals surface area contributed by atoms with Gasteiger partial charge in [-0.25, -0.2) is 8.42 Å². The molecular weight excluding hydrogens is 374 g/mol. The van der Waals surface area contributed by atoms with Crippen molar-refractivity contribution in [1.82, 2.24) is 4.31 Å². The Morgan fingerprint density at radius 2 is 1.68 bits per heavy atom. The van der Waals surface area contributed by atoms with Crippen molar-refractivity contribution in [2.45, 2.75) is 49.8 Å². The zero-order valence-electron chi connectivity index (χ0n) is 16.5. The van der Waals surface area contributed by atoms with Crippen LogP contribution in [-0.4, -0.2) is 51.4 Å². The van der Waals surface area contributed by atoms with E-state index in [4.69, 9.17) is 0 Å². The molecule has 0 spiro atoms.